The maximum absolute atomic E-state index is 12.8. The highest BCUT2D eigenvalue weighted by atomic mass is 19.4. The third kappa shape index (κ3) is 3.76. The van der Waals surface area contributed by atoms with Crippen LogP contribution in [-0.2, 0) is 10.9 Å². The Labute approximate surface area is 136 Å². The molecule has 0 unspecified atom stereocenters. The van der Waals surface area contributed by atoms with Crippen LogP contribution in [0.2, 0.25) is 0 Å². The van der Waals surface area contributed by atoms with Gasteiger partial charge in [0.1, 0.15) is 0 Å². The van der Waals surface area contributed by atoms with Gasteiger partial charge in [-0.15, -0.1) is 0 Å². The van der Waals surface area contributed by atoms with Crippen molar-refractivity contribution >= 4 is 5.91 Å². The summed E-state index contributed by atoms with van der Waals surface area (Å²) in [5.41, 5.74) is -0.372. The molecule has 1 aliphatic heterocycles. The van der Waals surface area contributed by atoms with Crippen molar-refractivity contribution in [1.29, 1.82) is 0 Å². The Morgan fingerprint density at radius 2 is 2.17 bits per heavy atom. The minimum Gasteiger partial charge on any atom is -0.379 e. The fourth-order valence-corrected chi connectivity index (χ4v) is 2.53. The van der Waals surface area contributed by atoms with Gasteiger partial charge in [-0.25, -0.2) is 4.68 Å². The van der Waals surface area contributed by atoms with E-state index in [2.05, 4.69) is 10.4 Å². The fourth-order valence-electron chi connectivity index (χ4n) is 2.53. The summed E-state index contributed by atoms with van der Waals surface area (Å²) < 4.78 is 44.9. The number of carbonyl (C=O) groups is 1. The number of amides is 1. The van der Waals surface area contributed by atoms with Crippen LogP contribution in [0.3, 0.4) is 0 Å². The first-order chi connectivity index (χ1) is 11.4. The molecule has 0 spiro atoms. The summed E-state index contributed by atoms with van der Waals surface area (Å²) in [6.45, 7) is 1.15. The lowest BCUT2D eigenvalue weighted by Gasteiger charge is -2.22. The van der Waals surface area contributed by atoms with Crippen LogP contribution in [0.4, 0.5) is 13.2 Å². The molecule has 2 aromatic rings. The normalized spacial score (nSPS) is 18.4. The van der Waals surface area contributed by atoms with Crippen LogP contribution in [0.5, 0.6) is 0 Å². The highest BCUT2D eigenvalue weighted by molar-refractivity contribution is 5.92. The van der Waals surface area contributed by atoms with E-state index in [1.54, 1.807) is 0 Å². The summed E-state index contributed by atoms with van der Waals surface area (Å²) in [7, 11) is 0. The SMILES string of the molecule is O=C(N[C@@H]1CCCOC1)c1ccn(-c2cccc(C(F)(F)F)c2)n1. The van der Waals surface area contributed by atoms with E-state index in [0.29, 0.717) is 13.2 Å². The van der Waals surface area contributed by atoms with Crippen molar-refractivity contribution in [1.82, 2.24) is 15.1 Å². The molecular formula is C16H16F3N3O2. The number of halogens is 3. The van der Waals surface area contributed by atoms with E-state index in [0.717, 1.165) is 25.0 Å². The molecule has 3 rings (SSSR count). The predicted octanol–water partition coefficient (Wildman–Crippen LogP) is 2.80. The second-order valence-corrected chi connectivity index (χ2v) is 5.58. The van der Waals surface area contributed by atoms with Crippen molar-refractivity contribution in [3.05, 3.63) is 47.8 Å². The van der Waals surface area contributed by atoms with Gasteiger partial charge >= 0.3 is 6.18 Å². The van der Waals surface area contributed by atoms with Crippen molar-refractivity contribution in [3.8, 4) is 5.69 Å². The number of hydrogen-bond acceptors (Lipinski definition) is 3. The molecule has 0 radical (unpaired) electrons. The van der Waals surface area contributed by atoms with E-state index in [-0.39, 0.29) is 23.3 Å². The van der Waals surface area contributed by atoms with Gasteiger partial charge in [-0.1, -0.05) is 6.07 Å². The van der Waals surface area contributed by atoms with Crippen LogP contribution >= 0.6 is 0 Å². The standard InChI is InChI=1S/C16H16F3N3O2/c17-16(18,19)11-3-1-5-13(9-11)22-7-6-14(21-22)15(23)20-12-4-2-8-24-10-12/h1,3,5-7,9,12H,2,4,8,10H2,(H,20,23)/t12-/m1/s1. The molecule has 1 amide bonds. The first-order valence-corrected chi connectivity index (χ1v) is 7.55. The summed E-state index contributed by atoms with van der Waals surface area (Å²) in [4.78, 5) is 12.2. The molecule has 1 N–H and O–H groups in total. The Morgan fingerprint density at radius 1 is 1.33 bits per heavy atom. The van der Waals surface area contributed by atoms with Gasteiger partial charge < -0.3 is 10.1 Å². The smallest absolute Gasteiger partial charge is 0.379 e. The summed E-state index contributed by atoms with van der Waals surface area (Å²) in [6.07, 6.45) is -1.25. The van der Waals surface area contributed by atoms with Gasteiger partial charge in [0.2, 0.25) is 0 Å². The van der Waals surface area contributed by atoms with Gasteiger partial charge in [-0.3, -0.25) is 4.79 Å². The van der Waals surface area contributed by atoms with Crippen molar-refractivity contribution in [2.75, 3.05) is 13.2 Å². The highest BCUT2D eigenvalue weighted by Gasteiger charge is 2.30. The van der Waals surface area contributed by atoms with E-state index in [9.17, 15) is 18.0 Å². The van der Waals surface area contributed by atoms with Crippen LogP contribution in [0.25, 0.3) is 5.69 Å². The van der Waals surface area contributed by atoms with E-state index < -0.39 is 11.7 Å². The molecule has 1 fully saturated rings. The van der Waals surface area contributed by atoms with Crippen LogP contribution < -0.4 is 5.32 Å². The van der Waals surface area contributed by atoms with Crippen LogP contribution in [0, 0.1) is 0 Å². The molecule has 1 aromatic carbocycles. The molecule has 1 atom stereocenters. The Balaban J connectivity index is 1.74. The van der Waals surface area contributed by atoms with Crippen molar-refractivity contribution in [3.63, 3.8) is 0 Å². The number of nitrogens with one attached hydrogen (secondary N) is 1. The molecule has 24 heavy (non-hydrogen) atoms. The molecule has 0 aliphatic carbocycles. The average Bonchev–Trinajstić information content (AvgIpc) is 3.05. The first kappa shape index (κ1) is 16.5. The number of nitrogens with zero attached hydrogens (tertiary/aromatic N) is 2. The molecule has 8 heteroatoms. The third-order valence-electron chi connectivity index (χ3n) is 3.76. The topological polar surface area (TPSA) is 56.1 Å². The van der Waals surface area contributed by atoms with E-state index >= 15 is 0 Å². The average molecular weight is 339 g/mol. The Morgan fingerprint density at radius 3 is 2.88 bits per heavy atom. The van der Waals surface area contributed by atoms with Gasteiger partial charge in [-0.2, -0.15) is 18.3 Å². The Kier molecular flexibility index (Phi) is 4.57. The summed E-state index contributed by atoms with van der Waals surface area (Å²) >= 11 is 0. The number of benzene rings is 1. The highest BCUT2D eigenvalue weighted by Crippen LogP contribution is 2.30. The van der Waals surface area contributed by atoms with Crippen molar-refractivity contribution in [2.24, 2.45) is 0 Å². The summed E-state index contributed by atoms with van der Waals surface area (Å²) in [6, 6.07) is 6.19. The molecule has 2 heterocycles. The minimum absolute atomic E-state index is 0.0649. The first-order valence-electron chi connectivity index (χ1n) is 7.55. The van der Waals surface area contributed by atoms with Gasteiger partial charge in [-0.05, 0) is 37.1 Å². The number of carbonyl (C=O) groups excluding carboxylic acids is 1. The lowest BCUT2D eigenvalue weighted by molar-refractivity contribution is -0.137. The number of rotatable bonds is 3. The lowest BCUT2D eigenvalue weighted by Crippen LogP contribution is -2.40. The van der Waals surface area contributed by atoms with Crippen LogP contribution in [0.1, 0.15) is 28.9 Å². The van der Waals surface area contributed by atoms with E-state index in [4.69, 9.17) is 4.74 Å². The number of alkyl halides is 3. The molecular weight excluding hydrogens is 323 g/mol. The van der Waals surface area contributed by atoms with Gasteiger partial charge in [0.15, 0.2) is 5.69 Å². The quantitative estimate of drug-likeness (QED) is 0.936. The van der Waals surface area contributed by atoms with Gasteiger partial charge in [0, 0.05) is 12.8 Å². The largest absolute Gasteiger partial charge is 0.416 e. The van der Waals surface area contributed by atoms with Crippen LogP contribution in [-0.4, -0.2) is 34.9 Å². The third-order valence-corrected chi connectivity index (χ3v) is 3.76. The van der Waals surface area contributed by atoms with Crippen molar-refractivity contribution < 1.29 is 22.7 Å². The summed E-state index contributed by atoms with van der Waals surface area (Å²) in [5, 5.41) is 6.88. The maximum atomic E-state index is 12.8. The fraction of sp³-hybridized carbons (Fsp3) is 0.375. The van der Waals surface area contributed by atoms with Crippen LogP contribution in [0.15, 0.2) is 36.5 Å². The van der Waals surface area contributed by atoms with E-state index in [1.807, 2.05) is 0 Å². The zero-order valence-electron chi connectivity index (χ0n) is 12.7. The number of hydrogen-bond donors (Lipinski definition) is 1. The molecule has 1 aromatic heterocycles. The zero-order chi connectivity index (χ0) is 17.2. The maximum Gasteiger partial charge on any atom is 0.416 e. The van der Waals surface area contributed by atoms with E-state index in [1.165, 1.54) is 29.1 Å². The molecule has 1 aliphatic rings. The molecule has 5 nitrogen and oxygen atoms in total. The van der Waals surface area contributed by atoms with Gasteiger partial charge in [0.25, 0.3) is 5.91 Å². The number of ether oxygens (including phenoxy) is 1. The van der Waals surface area contributed by atoms with Crippen molar-refractivity contribution in [2.45, 2.75) is 25.1 Å². The second-order valence-electron chi connectivity index (χ2n) is 5.58. The Bertz CT molecular complexity index is 721. The lowest BCUT2D eigenvalue weighted by atomic mass is 10.1. The second kappa shape index (κ2) is 6.64. The Hall–Kier alpha value is -2.35. The molecule has 0 saturated carbocycles. The van der Waals surface area contributed by atoms with Gasteiger partial charge in [0.05, 0.1) is 23.9 Å². The summed E-state index contributed by atoms with van der Waals surface area (Å²) in [5.74, 6) is -0.365. The monoisotopic (exact) mass is 339 g/mol. The molecule has 0 bridgehead atoms. The minimum atomic E-state index is -4.43. The molecule has 128 valence electrons. The predicted molar refractivity (Wildman–Crippen MR) is 79.9 cm³/mol. The molecule has 1 saturated heterocycles. The number of aromatic nitrogens is 2. The zero-order valence-corrected chi connectivity index (χ0v) is 12.7.